The second-order valence-electron chi connectivity index (χ2n) is 4.53. The molecule has 0 aliphatic heterocycles. The molecule has 0 aliphatic rings. The lowest BCUT2D eigenvalue weighted by Gasteiger charge is -1.92. The molecule has 4 aromatic heterocycles. The van der Waals surface area contributed by atoms with E-state index in [-0.39, 0.29) is 0 Å². The van der Waals surface area contributed by atoms with Crippen molar-refractivity contribution in [3.63, 3.8) is 0 Å². The maximum absolute atomic E-state index is 4.34. The van der Waals surface area contributed by atoms with E-state index in [9.17, 15) is 0 Å². The molecule has 20 heavy (non-hydrogen) atoms. The van der Waals surface area contributed by atoms with Crippen molar-refractivity contribution in [3.05, 3.63) is 55.0 Å². The summed E-state index contributed by atoms with van der Waals surface area (Å²) in [6, 6.07) is 11.8. The number of nitrogens with one attached hydrogen (secondary N) is 2. The Morgan fingerprint density at radius 1 is 0.900 bits per heavy atom. The maximum Gasteiger partial charge on any atom is 0.109 e. The van der Waals surface area contributed by atoms with Gasteiger partial charge in [0.2, 0.25) is 0 Å². The van der Waals surface area contributed by atoms with E-state index in [0.29, 0.717) is 0 Å². The molecule has 4 rings (SSSR count). The molecule has 0 spiro atoms. The van der Waals surface area contributed by atoms with Crippen LogP contribution < -0.4 is 0 Å². The highest BCUT2D eigenvalue weighted by atomic mass is 15.1. The molecule has 0 atom stereocenters. The van der Waals surface area contributed by atoms with Crippen LogP contribution in [0.3, 0.4) is 0 Å². The summed E-state index contributed by atoms with van der Waals surface area (Å²) in [5.41, 5.74) is 4.61. The van der Waals surface area contributed by atoms with Crippen molar-refractivity contribution >= 4 is 10.9 Å². The molecule has 4 heterocycles. The number of aromatic amines is 2. The number of rotatable bonds is 2. The lowest BCUT2D eigenvalue weighted by Crippen LogP contribution is -1.80. The van der Waals surface area contributed by atoms with Crippen LogP contribution in [0, 0.1) is 0 Å². The Kier molecular flexibility index (Phi) is 2.35. The molecule has 5 nitrogen and oxygen atoms in total. The standard InChI is InChI=1S/C15H11N5/c1-2-5-17-11(3-1)13-8-14(20-19-13)12-7-10-4-6-16-9-15(10)18-12/h1-9,18H,(H,19,20). The zero-order valence-electron chi connectivity index (χ0n) is 10.5. The van der Waals surface area contributed by atoms with Crippen LogP contribution in [0.2, 0.25) is 0 Å². The number of H-pyrrole nitrogens is 2. The molecule has 4 aromatic rings. The van der Waals surface area contributed by atoms with Crippen molar-refractivity contribution < 1.29 is 0 Å². The van der Waals surface area contributed by atoms with E-state index in [1.807, 2.05) is 36.5 Å². The number of pyridine rings is 2. The van der Waals surface area contributed by atoms with Crippen molar-refractivity contribution in [1.82, 2.24) is 25.1 Å². The van der Waals surface area contributed by atoms with E-state index in [2.05, 4.69) is 31.2 Å². The zero-order chi connectivity index (χ0) is 13.4. The van der Waals surface area contributed by atoms with E-state index in [4.69, 9.17) is 0 Å². The molecule has 0 fully saturated rings. The smallest absolute Gasteiger partial charge is 0.109 e. The summed E-state index contributed by atoms with van der Waals surface area (Å²) in [4.78, 5) is 11.7. The fraction of sp³-hybridized carbons (Fsp3) is 0. The van der Waals surface area contributed by atoms with Gasteiger partial charge in [0.05, 0.1) is 28.8 Å². The third-order valence-corrected chi connectivity index (χ3v) is 3.22. The normalized spacial score (nSPS) is 11.0. The molecule has 96 valence electrons. The van der Waals surface area contributed by atoms with Crippen molar-refractivity contribution in [2.45, 2.75) is 0 Å². The summed E-state index contributed by atoms with van der Waals surface area (Å²) < 4.78 is 0. The van der Waals surface area contributed by atoms with Crippen molar-refractivity contribution in [3.8, 4) is 22.8 Å². The second kappa shape index (κ2) is 4.31. The molecule has 0 aromatic carbocycles. The zero-order valence-corrected chi connectivity index (χ0v) is 10.5. The molecule has 0 saturated heterocycles. The first-order valence-corrected chi connectivity index (χ1v) is 6.30. The number of fused-ring (bicyclic) bond motifs is 1. The first-order valence-electron chi connectivity index (χ1n) is 6.30. The first-order chi connectivity index (χ1) is 9.90. The second-order valence-corrected chi connectivity index (χ2v) is 4.53. The third-order valence-electron chi connectivity index (χ3n) is 3.22. The Morgan fingerprint density at radius 3 is 2.75 bits per heavy atom. The highest BCUT2D eigenvalue weighted by molar-refractivity contribution is 5.84. The van der Waals surface area contributed by atoms with Crippen molar-refractivity contribution in [2.75, 3.05) is 0 Å². The number of nitrogens with zero attached hydrogens (tertiary/aromatic N) is 3. The molecule has 0 aliphatic carbocycles. The van der Waals surface area contributed by atoms with Crippen molar-refractivity contribution in [2.24, 2.45) is 0 Å². The van der Waals surface area contributed by atoms with Gasteiger partial charge in [0.15, 0.2) is 0 Å². The van der Waals surface area contributed by atoms with Gasteiger partial charge in [-0.1, -0.05) is 6.07 Å². The minimum Gasteiger partial charge on any atom is -0.352 e. The summed E-state index contributed by atoms with van der Waals surface area (Å²) in [5, 5.41) is 8.48. The molecular formula is C15H11N5. The van der Waals surface area contributed by atoms with Gasteiger partial charge in [0.25, 0.3) is 0 Å². The summed E-state index contributed by atoms with van der Waals surface area (Å²) >= 11 is 0. The van der Waals surface area contributed by atoms with Gasteiger partial charge in [-0.05, 0) is 30.3 Å². The Hall–Kier alpha value is -2.95. The van der Waals surface area contributed by atoms with Crippen LogP contribution in [0.1, 0.15) is 0 Å². The number of aromatic nitrogens is 5. The van der Waals surface area contributed by atoms with Crippen LogP contribution in [-0.4, -0.2) is 25.1 Å². The Morgan fingerprint density at radius 2 is 1.90 bits per heavy atom. The molecule has 5 heteroatoms. The number of hydrogen-bond donors (Lipinski definition) is 2. The lowest BCUT2D eigenvalue weighted by molar-refractivity contribution is 1.09. The summed E-state index contributed by atoms with van der Waals surface area (Å²) in [5.74, 6) is 0. The van der Waals surface area contributed by atoms with E-state index in [1.54, 1.807) is 12.4 Å². The van der Waals surface area contributed by atoms with E-state index in [1.165, 1.54) is 0 Å². The average molecular weight is 261 g/mol. The molecule has 0 radical (unpaired) electrons. The fourth-order valence-corrected chi connectivity index (χ4v) is 2.22. The van der Waals surface area contributed by atoms with Gasteiger partial charge in [0, 0.05) is 17.8 Å². The molecule has 0 unspecified atom stereocenters. The highest BCUT2D eigenvalue weighted by Gasteiger charge is 2.09. The van der Waals surface area contributed by atoms with Crippen LogP contribution in [0.25, 0.3) is 33.7 Å². The molecule has 0 amide bonds. The van der Waals surface area contributed by atoms with E-state index in [0.717, 1.165) is 33.7 Å². The van der Waals surface area contributed by atoms with E-state index >= 15 is 0 Å². The summed E-state index contributed by atoms with van der Waals surface area (Å²) in [6.07, 6.45) is 5.36. The van der Waals surface area contributed by atoms with Crippen LogP contribution >= 0.6 is 0 Å². The summed E-state index contributed by atoms with van der Waals surface area (Å²) in [6.45, 7) is 0. The Labute approximate surface area is 114 Å². The summed E-state index contributed by atoms with van der Waals surface area (Å²) in [7, 11) is 0. The number of hydrogen-bond acceptors (Lipinski definition) is 3. The molecular weight excluding hydrogens is 250 g/mol. The monoisotopic (exact) mass is 261 g/mol. The van der Waals surface area contributed by atoms with Crippen LogP contribution in [0.15, 0.2) is 55.0 Å². The van der Waals surface area contributed by atoms with Gasteiger partial charge >= 0.3 is 0 Å². The SMILES string of the molecule is c1ccc(-c2cc(-c3cc4ccncc4[nH]3)n[nH]2)nc1. The predicted molar refractivity (Wildman–Crippen MR) is 76.9 cm³/mol. The highest BCUT2D eigenvalue weighted by Crippen LogP contribution is 2.24. The van der Waals surface area contributed by atoms with Gasteiger partial charge < -0.3 is 4.98 Å². The quantitative estimate of drug-likeness (QED) is 0.582. The largest absolute Gasteiger partial charge is 0.352 e. The van der Waals surface area contributed by atoms with Crippen molar-refractivity contribution in [1.29, 1.82) is 0 Å². The fourth-order valence-electron chi connectivity index (χ4n) is 2.22. The molecule has 0 bridgehead atoms. The van der Waals surface area contributed by atoms with Crippen LogP contribution in [0.5, 0.6) is 0 Å². The Balaban J connectivity index is 1.78. The molecule has 2 N–H and O–H groups in total. The van der Waals surface area contributed by atoms with Gasteiger partial charge in [-0.15, -0.1) is 0 Å². The Bertz CT molecular complexity index is 827. The minimum absolute atomic E-state index is 0.863. The van der Waals surface area contributed by atoms with Gasteiger partial charge in [-0.3, -0.25) is 15.1 Å². The third kappa shape index (κ3) is 1.76. The van der Waals surface area contributed by atoms with Gasteiger partial charge in [-0.2, -0.15) is 5.10 Å². The minimum atomic E-state index is 0.863. The topological polar surface area (TPSA) is 70.2 Å². The van der Waals surface area contributed by atoms with Gasteiger partial charge in [-0.25, -0.2) is 0 Å². The first kappa shape index (κ1) is 10.9. The van der Waals surface area contributed by atoms with Gasteiger partial charge in [0.1, 0.15) is 5.69 Å². The van der Waals surface area contributed by atoms with E-state index < -0.39 is 0 Å². The lowest BCUT2D eigenvalue weighted by atomic mass is 10.2. The predicted octanol–water partition coefficient (Wildman–Crippen LogP) is 3.02. The van der Waals surface area contributed by atoms with Crippen LogP contribution in [-0.2, 0) is 0 Å². The maximum atomic E-state index is 4.34. The average Bonchev–Trinajstić information content (AvgIpc) is 3.14. The molecule has 0 saturated carbocycles. The van der Waals surface area contributed by atoms with Crippen LogP contribution in [0.4, 0.5) is 0 Å².